The molecule has 0 amide bonds. The predicted octanol–water partition coefficient (Wildman–Crippen LogP) is 3.25. The monoisotopic (exact) mass is 361 g/mol. The lowest BCUT2D eigenvalue weighted by atomic mass is 9.59. The molecule has 0 unspecified atom stereocenters. The Balaban J connectivity index is 1.95. The van der Waals surface area contributed by atoms with Gasteiger partial charge in [0.1, 0.15) is 5.82 Å². The van der Waals surface area contributed by atoms with Crippen molar-refractivity contribution < 1.29 is 9.90 Å². The summed E-state index contributed by atoms with van der Waals surface area (Å²) in [6.07, 6.45) is 4.03. The van der Waals surface area contributed by atoms with E-state index in [1.807, 2.05) is 43.3 Å². The first-order chi connectivity index (χ1) is 13.0. The van der Waals surface area contributed by atoms with Crippen LogP contribution in [0, 0.1) is 18.4 Å². The number of aromatic nitrogens is 2. The number of Topliss-reactive ketones (excluding diaryl/α,β-unsaturated/α-hetero) is 1. The first-order valence-corrected chi connectivity index (χ1v) is 9.43. The van der Waals surface area contributed by atoms with Crippen LogP contribution in [0.4, 0.5) is 0 Å². The molecule has 1 aromatic carbocycles. The van der Waals surface area contributed by atoms with E-state index in [-0.39, 0.29) is 29.9 Å². The van der Waals surface area contributed by atoms with Crippen molar-refractivity contribution in [2.24, 2.45) is 11.8 Å². The third-order valence-corrected chi connectivity index (χ3v) is 6.19. The number of benzene rings is 1. The molecule has 0 aliphatic heterocycles. The predicted molar refractivity (Wildman–Crippen MR) is 102 cm³/mol. The molecule has 5 heteroatoms. The molecule has 3 atom stereocenters. The van der Waals surface area contributed by atoms with Crippen LogP contribution in [0.5, 0.6) is 0 Å². The zero-order valence-electron chi connectivity index (χ0n) is 15.6. The highest BCUT2D eigenvalue weighted by atomic mass is 16.3. The summed E-state index contributed by atoms with van der Waals surface area (Å²) in [4.78, 5) is 21.0. The molecule has 1 aromatic heterocycles. The first-order valence-electron chi connectivity index (χ1n) is 9.43. The summed E-state index contributed by atoms with van der Waals surface area (Å²) in [7, 11) is 0. The van der Waals surface area contributed by atoms with Gasteiger partial charge in [-0.2, -0.15) is 0 Å². The van der Waals surface area contributed by atoms with Gasteiger partial charge in [-0.15, -0.1) is 0 Å². The lowest BCUT2D eigenvalue weighted by molar-refractivity contribution is -0.121. The molecule has 0 fully saturated rings. The minimum Gasteiger partial charge on any atom is -0.396 e. The number of carbonyl (C=O) groups excluding carboxylic acids is 1. The van der Waals surface area contributed by atoms with E-state index in [1.165, 1.54) is 0 Å². The van der Waals surface area contributed by atoms with Gasteiger partial charge >= 0.3 is 0 Å². The highest BCUT2D eigenvalue weighted by molar-refractivity contribution is 6.00. The molecule has 1 N–H and O–H groups in total. The second-order valence-corrected chi connectivity index (χ2v) is 7.69. The number of nitrogens with zero attached hydrogens (tertiary/aromatic N) is 3. The maximum atomic E-state index is 12.5. The number of fused-ring (bicyclic) bond motifs is 3. The van der Waals surface area contributed by atoms with Crippen LogP contribution in [0.3, 0.4) is 0 Å². The van der Waals surface area contributed by atoms with Gasteiger partial charge in [0, 0.05) is 29.1 Å². The summed E-state index contributed by atoms with van der Waals surface area (Å²) in [5.74, 6) is 0.747. The topological polar surface area (TPSA) is 59.5 Å². The average Bonchev–Trinajstić information content (AvgIpc) is 3.05. The molecule has 27 heavy (non-hydrogen) atoms. The van der Waals surface area contributed by atoms with E-state index in [9.17, 15) is 9.90 Å². The Kier molecular flexibility index (Phi) is 4.24. The lowest BCUT2D eigenvalue weighted by Crippen LogP contribution is -2.45. The average molecular weight is 361 g/mol. The maximum absolute atomic E-state index is 12.5. The number of hydrogen-bond acceptors (Lipinski definition) is 3. The molecule has 5 nitrogen and oxygen atoms in total. The molecule has 4 rings (SSSR count). The fraction of sp³-hybridized carbons (Fsp3) is 0.409. The molecule has 1 heterocycles. The summed E-state index contributed by atoms with van der Waals surface area (Å²) >= 11 is 0. The Morgan fingerprint density at radius 1 is 1.37 bits per heavy atom. The van der Waals surface area contributed by atoms with Crippen LogP contribution < -0.4 is 0 Å². The largest absolute Gasteiger partial charge is 0.396 e. The van der Waals surface area contributed by atoms with E-state index in [4.69, 9.17) is 11.6 Å². The van der Waals surface area contributed by atoms with E-state index < -0.39 is 5.41 Å². The maximum Gasteiger partial charge on any atom is 0.226 e. The number of ketones is 1. The first kappa shape index (κ1) is 17.7. The highest BCUT2D eigenvalue weighted by Gasteiger charge is 2.50. The van der Waals surface area contributed by atoms with Crippen LogP contribution in [-0.2, 0) is 23.1 Å². The molecule has 2 aromatic rings. The summed E-state index contributed by atoms with van der Waals surface area (Å²) in [5.41, 5.74) is 2.90. The van der Waals surface area contributed by atoms with Gasteiger partial charge in [-0.3, -0.25) is 0 Å². The standard InChI is InChI=1S/C22H23N3O2/c1-14-16-9-10-18-21(22(16,2)13-17(23-3)20(14)27)24-19(11-12-26)25(18)15-7-5-4-6-8-15/h4-8,13-14,16,26H,9-12H2,1-2H3/t14-,16-,22-/m0/s1. The second kappa shape index (κ2) is 6.47. The van der Waals surface area contributed by atoms with Crippen molar-refractivity contribution in [1.29, 1.82) is 0 Å². The number of para-hydroxylation sites is 1. The molecule has 0 saturated heterocycles. The van der Waals surface area contributed by atoms with Gasteiger partial charge in [0.2, 0.25) is 5.70 Å². The quantitative estimate of drug-likeness (QED) is 0.854. The number of aliphatic hydroxyl groups excluding tert-OH is 1. The molecule has 0 bridgehead atoms. The van der Waals surface area contributed by atoms with Crippen LogP contribution in [-0.4, -0.2) is 27.0 Å². The Morgan fingerprint density at radius 3 is 2.78 bits per heavy atom. The van der Waals surface area contributed by atoms with Crippen molar-refractivity contribution >= 4 is 5.78 Å². The van der Waals surface area contributed by atoms with E-state index in [0.717, 1.165) is 35.7 Å². The van der Waals surface area contributed by atoms with E-state index in [0.29, 0.717) is 6.42 Å². The number of rotatable bonds is 3. The molecule has 0 saturated carbocycles. The minimum absolute atomic E-state index is 0.0287. The fourth-order valence-electron chi connectivity index (χ4n) is 4.89. The van der Waals surface area contributed by atoms with Crippen LogP contribution in [0.2, 0.25) is 0 Å². The molecule has 138 valence electrons. The second-order valence-electron chi connectivity index (χ2n) is 7.69. The number of aliphatic hydroxyl groups is 1. The highest BCUT2D eigenvalue weighted by Crippen LogP contribution is 2.50. The zero-order valence-corrected chi connectivity index (χ0v) is 15.6. The SMILES string of the molecule is [C-]#[N+]C1=C[C@]2(C)c3nc(CCO)n(-c4ccccc4)c3CC[C@H]2[C@H](C)C1=O. The minimum atomic E-state index is -0.439. The van der Waals surface area contributed by atoms with Gasteiger partial charge in [0.15, 0.2) is 5.78 Å². The van der Waals surface area contributed by atoms with Crippen LogP contribution >= 0.6 is 0 Å². The Labute approximate surface area is 159 Å². The molecule has 0 radical (unpaired) electrons. The van der Waals surface area contributed by atoms with Gasteiger partial charge in [0.25, 0.3) is 0 Å². The Morgan fingerprint density at radius 2 is 2.11 bits per heavy atom. The number of hydrogen-bond donors (Lipinski definition) is 1. The molecule has 2 aliphatic carbocycles. The number of imidazole rings is 1. The van der Waals surface area contributed by atoms with Crippen LogP contribution in [0.1, 0.15) is 37.5 Å². The van der Waals surface area contributed by atoms with Gasteiger partial charge in [-0.05, 0) is 30.9 Å². The van der Waals surface area contributed by atoms with Crippen LogP contribution in [0.25, 0.3) is 10.5 Å². The summed E-state index contributed by atoms with van der Waals surface area (Å²) in [6.45, 7) is 11.5. The molecular weight excluding hydrogens is 338 g/mol. The van der Waals surface area contributed by atoms with Crippen molar-refractivity contribution in [2.75, 3.05) is 6.61 Å². The van der Waals surface area contributed by atoms with Crippen molar-refractivity contribution in [3.05, 3.63) is 70.7 Å². The summed E-state index contributed by atoms with van der Waals surface area (Å²) in [6, 6.07) is 10.1. The van der Waals surface area contributed by atoms with Crippen molar-refractivity contribution in [1.82, 2.24) is 9.55 Å². The number of allylic oxidation sites excluding steroid dienone is 2. The Hall–Kier alpha value is -2.71. The molecular formula is C22H23N3O2. The molecule has 2 aliphatic rings. The summed E-state index contributed by atoms with van der Waals surface area (Å²) < 4.78 is 2.15. The fourth-order valence-corrected chi connectivity index (χ4v) is 4.89. The van der Waals surface area contributed by atoms with E-state index >= 15 is 0 Å². The normalized spacial score (nSPS) is 26.7. The van der Waals surface area contributed by atoms with Crippen molar-refractivity contribution in [3.8, 4) is 5.69 Å². The molecule has 0 spiro atoms. The third-order valence-electron chi connectivity index (χ3n) is 6.19. The van der Waals surface area contributed by atoms with Crippen molar-refractivity contribution in [2.45, 2.75) is 38.5 Å². The van der Waals surface area contributed by atoms with Gasteiger partial charge < -0.3 is 14.5 Å². The zero-order chi connectivity index (χ0) is 19.2. The number of carbonyl (C=O) groups is 1. The van der Waals surface area contributed by atoms with Gasteiger partial charge in [-0.1, -0.05) is 38.1 Å². The summed E-state index contributed by atoms with van der Waals surface area (Å²) in [5, 5.41) is 9.56. The van der Waals surface area contributed by atoms with Gasteiger partial charge in [-0.25, -0.2) is 9.83 Å². The van der Waals surface area contributed by atoms with Gasteiger partial charge in [0.05, 0.1) is 18.9 Å². The smallest absolute Gasteiger partial charge is 0.226 e. The Bertz CT molecular complexity index is 967. The lowest BCUT2D eigenvalue weighted by Gasteiger charge is -2.44. The van der Waals surface area contributed by atoms with Crippen LogP contribution in [0.15, 0.2) is 42.1 Å². The third kappa shape index (κ3) is 2.55. The van der Waals surface area contributed by atoms with Crippen molar-refractivity contribution in [3.63, 3.8) is 0 Å². The van der Waals surface area contributed by atoms with E-state index in [2.05, 4.69) is 16.3 Å². The van der Waals surface area contributed by atoms with E-state index in [1.54, 1.807) is 0 Å².